The smallest absolute Gasteiger partial charge is 0.311 e. The highest BCUT2D eigenvalue weighted by atomic mass is 16.4. The Hall–Kier alpha value is -1.85. The molecule has 6 nitrogen and oxygen atoms in total. The van der Waals surface area contributed by atoms with E-state index in [1.54, 1.807) is 10.7 Å². The van der Waals surface area contributed by atoms with Crippen LogP contribution in [0.2, 0.25) is 0 Å². The van der Waals surface area contributed by atoms with Gasteiger partial charge in [-0.25, -0.2) is 0 Å². The van der Waals surface area contributed by atoms with Crippen molar-refractivity contribution in [3.05, 3.63) is 17.5 Å². The van der Waals surface area contributed by atoms with Crippen molar-refractivity contribution < 1.29 is 14.7 Å². The van der Waals surface area contributed by atoms with Gasteiger partial charge in [-0.15, -0.1) is 0 Å². The molecule has 0 bridgehead atoms. The maximum atomic E-state index is 12.1. The van der Waals surface area contributed by atoms with E-state index in [4.69, 9.17) is 5.11 Å². The fourth-order valence-corrected chi connectivity index (χ4v) is 2.02. The zero-order valence-electron chi connectivity index (χ0n) is 11.3. The molecule has 0 unspecified atom stereocenters. The third kappa shape index (κ3) is 2.62. The van der Waals surface area contributed by atoms with Gasteiger partial charge in [0, 0.05) is 13.1 Å². The van der Waals surface area contributed by atoms with Crippen molar-refractivity contribution in [2.24, 2.45) is 5.41 Å². The normalized spacial score (nSPS) is 16.1. The lowest BCUT2D eigenvalue weighted by Gasteiger charge is -2.11. The number of aliphatic carboxylic acids is 1. The van der Waals surface area contributed by atoms with Crippen LogP contribution in [0.25, 0.3) is 0 Å². The average molecular weight is 265 g/mol. The Kier molecular flexibility index (Phi) is 3.59. The number of amides is 1. The Balaban J connectivity index is 2.04. The van der Waals surface area contributed by atoms with Gasteiger partial charge in [0.25, 0.3) is 5.91 Å². The lowest BCUT2D eigenvalue weighted by atomic mass is 10.1. The zero-order valence-corrected chi connectivity index (χ0v) is 11.3. The first-order chi connectivity index (χ1) is 9.02. The molecule has 1 fully saturated rings. The van der Waals surface area contributed by atoms with Crippen molar-refractivity contribution in [2.75, 3.05) is 6.54 Å². The van der Waals surface area contributed by atoms with Crippen LogP contribution < -0.4 is 5.32 Å². The summed E-state index contributed by atoms with van der Waals surface area (Å²) in [5.74, 6) is -1.08. The van der Waals surface area contributed by atoms with Gasteiger partial charge in [-0.1, -0.05) is 6.92 Å². The van der Waals surface area contributed by atoms with Gasteiger partial charge in [0.15, 0.2) is 0 Å². The second kappa shape index (κ2) is 5.03. The lowest BCUT2D eigenvalue weighted by Crippen LogP contribution is -2.35. The van der Waals surface area contributed by atoms with Gasteiger partial charge in [-0.3, -0.25) is 14.3 Å². The standard InChI is InChI=1S/C13H19N3O3/c1-3-9-7-10(16(4-2)15-9)11(17)14-8-13(5-6-13)12(18)19/h7H,3-6,8H2,1-2H3,(H,14,17)(H,18,19). The molecule has 1 aliphatic carbocycles. The van der Waals surface area contributed by atoms with Crippen LogP contribution in [-0.4, -0.2) is 33.3 Å². The number of carboxylic acid groups (broad SMARTS) is 1. The highest BCUT2D eigenvalue weighted by Crippen LogP contribution is 2.45. The summed E-state index contributed by atoms with van der Waals surface area (Å²) in [7, 11) is 0. The molecule has 1 amide bonds. The number of hydrogen-bond acceptors (Lipinski definition) is 3. The molecular weight excluding hydrogens is 246 g/mol. The number of rotatable bonds is 6. The van der Waals surface area contributed by atoms with Gasteiger partial charge in [0.05, 0.1) is 11.1 Å². The predicted molar refractivity (Wildman–Crippen MR) is 68.9 cm³/mol. The minimum absolute atomic E-state index is 0.192. The maximum absolute atomic E-state index is 12.1. The Morgan fingerprint density at radius 1 is 1.47 bits per heavy atom. The van der Waals surface area contributed by atoms with E-state index >= 15 is 0 Å². The molecule has 0 aliphatic heterocycles. The quantitative estimate of drug-likeness (QED) is 0.805. The van der Waals surface area contributed by atoms with Gasteiger partial charge in [-0.05, 0) is 32.3 Å². The van der Waals surface area contributed by atoms with Crippen LogP contribution >= 0.6 is 0 Å². The molecule has 6 heteroatoms. The molecule has 0 spiro atoms. The molecule has 1 saturated carbocycles. The average Bonchev–Trinajstić information content (AvgIpc) is 3.08. The molecule has 2 rings (SSSR count). The molecule has 1 aromatic heterocycles. The van der Waals surface area contributed by atoms with Crippen LogP contribution in [0.4, 0.5) is 0 Å². The summed E-state index contributed by atoms with van der Waals surface area (Å²) in [5, 5.41) is 16.1. The van der Waals surface area contributed by atoms with Gasteiger partial charge in [-0.2, -0.15) is 5.10 Å². The minimum Gasteiger partial charge on any atom is -0.481 e. The van der Waals surface area contributed by atoms with E-state index < -0.39 is 11.4 Å². The van der Waals surface area contributed by atoms with Crippen LogP contribution in [-0.2, 0) is 17.8 Å². The second-order valence-corrected chi connectivity index (χ2v) is 4.96. The maximum Gasteiger partial charge on any atom is 0.311 e. The number of carbonyl (C=O) groups excluding carboxylic acids is 1. The molecule has 104 valence electrons. The molecule has 2 N–H and O–H groups in total. The van der Waals surface area contributed by atoms with Crippen molar-refractivity contribution in [3.63, 3.8) is 0 Å². The number of hydrogen-bond donors (Lipinski definition) is 2. The lowest BCUT2D eigenvalue weighted by molar-refractivity contribution is -0.143. The Morgan fingerprint density at radius 2 is 2.16 bits per heavy atom. The SMILES string of the molecule is CCc1cc(C(=O)NCC2(C(=O)O)CC2)n(CC)n1. The van der Waals surface area contributed by atoms with Crippen LogP contribution in [0.1, 0.15) is 42.9 Å². The van der Waals surface area contributed by atoms with Crippen molar-refractivity contribution in [1.82, 2.24) is 15.1 Å². The van der Waals surface area contributed by atoms with Crippen molar-refractivity contribution >= 4 is 11.9 Å². The van der Waals surface area contributed by atoms with E-state index in [9.17, 15) is 9.59 Å². The van der Waals surface area contributed by atoms with E-state index in [0.717, 1.165) is 12.1 Å². The summed E-state index contributed by atoms with van der Waals surface area (Å²) in [5.41, 5.74) is 0.632. The fourth-order valence-electron chi connectivity index (χ4n) is 2.02. The van der Waals surface area contributed by atoms with Gasteiger partial charge >= 0.3 is 5.97 Å². The second-order valence-electron chi connectivity index (χ2n) is 4.96. The number of carboxylic acids is 1. The molecule has 0 aromatic carbocycles. The molecule has 0 radical (unpaired) electrons. The van der Waals surface area contributed by atoms with Crippen LogP contribution in [0.5, 0.6) is 0 Å². The van der Waals surface area contributed by atoms with Gasteiger partial charge < -0.3 is 10.4 Å². The van der Waals surface area contributed by atoms with Crippen molar-refractivity contribution in [2.45, 2.75) is 39.7 Å². The molecule has 1 aromatic rings. The number of aryl methyl sites for hydroxylation is 2. The Labute approximate surface area is 111 Å². The van der Waals surface area contributed by atoms with E-state index in [1.165, 1.54) is 0 Å². The van der Waals surface area contributed by atoms with Gasteiger partial charge in [0.2, 0.25) is 0 Å². The number of nitrogens with one attached hydrogen (secondary N) is 1. The Bertz CT molecular complexity index is 503. The van der Waals surface area contributed by atoms with E-state index in [1.807, 2.05) is 13.8 Å². The minimum atomic E-state index is -0.828. The van der Waals surface area contributed by atoms with E-state index in [-0.39, 0.29) is 12.5 Å². The molecule has 1 aliphatic rings. The fraction of sp³-hybridized carbons (Fsp3) is 0.615. The summed E-state index contributed by atoms with van der Waals surface area (Å²) in [6.07, 6.45) is 2.04. The zero-order chi connectivity index (χ0) is 14.0. The molecule has 0 atom stereocenters. The van der Waals surface area contributed by atoms with Crippen LogP contribution in [0.15, 0.2) is 6.07 Å². The topological polar surface area (TPSA) is 84.2 Å². The van der Waals surface area contributed by atoms with Crippen molar-refractivity contribution in [1.29, 1.82) is 0 Å². The summed E-state index contributed by atoms with van der Waals surface area (Å²) in [6.45, 7) is 4.71. The molecular formula is C13H19N3O3. The largest absolute Gasteiger partial charge is 0.481 e. The van der Waals surface area contributed by atoms with E-state index in [0.29, 0.717) is 25.1 Å². The monoisotopic (exact) mass is 265 g/mol. The molecule has 0 saturated heterocycles. The van der Waals surface area contributed by atoms with E-state index in [2.05, 4.69) is 10.4 Å². The summed E-state index contributed by atoms with van der Waals surface area (Å²) in [6, 6.07) is 1.76. The third-order valence-electron chi connectivity index (χ3n) is 3.62. The first-order valence-corrected chi connectivity index (χ1v) is 6.60. The third-order valence-corrected chi connectivity index (χ3v) is 3.62. The summed E-state index contributed by atoms with van der Waals surface area (Å²) in [4.78, 5) is 23.1. The molecule has 19 heavy (non-hydrogen) atoms. The number of nitrogens with zero attached hydrogens (tertiary/aromatic N) is 2. The number of aromatic nitrogens is 2. The number of carbonyl (C=O) groups is 2. The predicted octanol–water partition coefficient (Wildman–Crippen LogP) is 1.06. The highest BCUT2D eigenvalue weighted by Gasteiger charge is 2.50. The van der Waals surface area contributed by atoms with Crippen molar-refractivity contribution in [3.8, 4) is 0 Å². The first-order valence-electron chi connectivity index (χ1n) is 6.60. The highest BCUT2D eigenvalue weighted by molar-refractivity contribution is 5.93. The van der Waals surface area contributed by atoms with Gasteiger partial charge in [0.1, 0.15) is 5.69 Å². The van der Waals surface area contributed by atoms with Crippen LogP contribution in [0.3, 0.4) is 0 Å². The first kappa shape index (κ1) is 13.6. The Morgan fingerprint density at radius 3 is 2.63 bits per heavy atom. The molecule has 1 heterocycles. The summed E-state index contributed by atoms with van der Waals surface area (Å²) >= 11 is 0. The van der Waals surface area contributed by atoms with Crippen LogP contribution in [0, 0.1) is 5.41 Å². The summed E-state index contributed by atoms with van der Waals surface area (Å²) < 4.78 is 1.65.